The molecule has 0 radical (unpaired) electrons. The van der Waals surface area contributed by atoms with Crippen LogP contribution in [0, 0.1) is 6.92 Å². The van der Waals surface area contributed by atoms with Gasteiger partial charge in [-0.05, 0) is 57.2 Å². The van der Waals surface area contributed by atoms with Crippen LogP contribution in [0.5, 0.6) is 5.75 Å². The first-order valence-electron chi connectivity index (χ1n) is 6.85. The van der Waals surface area contributed by atoms with Crippen molar-refractivity contribution < 1.29 is 9.53 Å². The van der Waals surface area contributed by atoms with E-state index in [2.05, 4.69) is 25.1 Å². The maximum atomic E-state index is 10.8. The number of rotatable bonds is 8. The molecule has 0 fully saturated rings. The fourth-order valence-corrected chi connectivity index (χ4v) is 1.99. The van der Waals surface area contributed by atoms with Gasteiger partial charge in [0, 0.05) is 6.42 Å². The summed E-state index contributed by atoms with van der Waals surface area (Å²) in [6.07, 6.45) is 5.06. The standard InChI is InChI=1S/C16H24O2/c1-4-18-16-12-15(11-10-13(16)2)9-7-5-6-8-14(3)17/h10-12H,4-9H2,1-3H3. The van der Waals surface area contributed by atoms with Crippen molar-refractivity contribution in [1.82, 2.24) is 0 Å². The van der Waals surface area contributed by atoms with Crippen molar-refractivity contribution >= 4 is 5.78 Å². The van der Waals surface area contributed by atoms with Crippen LogP contribution in [0.25, 0.3) is 0 Å². The van der Waals surface area contributed by atoms with Gasteiger partial charge in [0.15, 0.2) is 0 Å². The minimum atomic E-state index is 0.295. The van der Waals surface area contributed by atoms with Gasteiger partial charge in [0.1, 0.15) is 11.5 Å². The van der Waals surface area contributed by atoms with E-state index in [1.54, 1.807) is 6.92 Å². The molecule has 0 amide bonds. The molecule has 1 aromatic carbocycles. The first-order chi connectivity index (χ1) is 8.63. The Morgan fingerprint density at radius 1 is 1.22 bits per heavy atom. The number of carbonyl (C=O) groups excluding carboxylic acids is 1. The van der Waals surface area contributed by atoms with Crippen molar-refractivity contribution in [2.75, 3.05) is 6.61 Å². The molecule has 2 heteroatoms. The van der Waals surface area contributed by atoms with Crippen molar-refractivity contribution in [2.45, 2.75) is 52.9 Å². The van der Waals surface area contributed by atoms with E-state index in [0.717, 1.165) is 37.9 Å². The van der Waals surface area contributed by atoms with E-state index in [1.807, 2.05) is 6.92 Å². The van der Waals surface area contributed by atoms with E-state index in [1.165, 1.54) is 11.1 Å². The molecule has 0 heterocycles. The maximum Gasteiger partial charge on any atom is 0.129 e. The van der Waals surface area contributed by atoms with Crippen LogP contribution in [-0.4, -0.2) is 12.4 Å². The quantitative estimate of drug-likeness (QED) is 0.648. The largest absolute Gasteiger partial charge is 0.494 e. The normalized spacial score (nSPS) is 10.4. The third-order valence-electron chi connectivity index (χ3n) is 3.05. The molecule has 0 N–H and O–H groups in total. The molecule has 1 aromatic rings. The summed E-state index contributed by atoms with van der Waals surface area (Å²) in [5.74, 6) is 1.29. The molecule has 18 heavy (non-hydrogen) atoms. The predicted molar refractivity (Wildman–Crippen MR) is 75.2 cm³/mol. The Hall–Kier alpha value is -1.31. The van der Waals surface area contributed by atoms with Gasteiger partial charge < -0.3 is 9.53 Å². The molecule has 0 spiro atoms. The number of benzene rings is 1. The zero-order valence-corrected chi connectivity index (χ0v) is 11.8. The van der Waals surface area contributed by atoms with Crippen molar-refractivity contribution in [3.05, 3.63) is 29.3 Å². The van der Waals surface area contributed by atoms with E-state index >= 15 is 0 Å². The van der Waals surface area contributed by atoms with E-state index in [0.29, 0.717) is 12.4 Å². The summed E-state index contributed by atoms with van der Waals surface area (Å²) < 4.78 is 5.59. The van der Waals surface area contributed by atoms with Crippen molar-refractivity contribution in [3.8, 4) is 5.75 Å². The monoisotopic (exact) mass is 248 g/mol. The van der Waals surface area contributed by atoms with Gasteiger partial charge in [-0.2, -0.15) is 0 Å². The van der Waals surface area contributed by atoms with Crippen LogP contribution in [-0.2, 0) is 11.2 Å². The molecule has 2 nitrogen and oxygen atoms in total. The molecule has 0 unspecified atom stereocenters. The summed E-state index contributed by atoms with van der Waals surface area (Å²) in [5.41, 5.74) is 2.52. The second-order valence-electron chi connectivity index (χ2n) is 4.80. The second-order valence-corrected chi connectivity index (χ2v) is 4.80. The Morgan fingerprint density at radius 3 is 2.67 bits per heavy atom. The second kappa shape index (κ2) is 7.91. The maximum absolute atomic E-state index is 10.8. The smallest absolute Gasteiger partial charge is 0.129 e. The number of carbonyl (C=O) groups is 1. The average molecular weight is 248 g/mol. The third kappa shape index (κ3) is 5.35. The third-order valence-corrected chi connectivity index (χ3v) is 3.05. The fourth-order valence-electron chi connectivity index (χ4n) is 1.99. The molecule has 0 saturated heterocycles. The van der Waals surface area contributed by atoms with Crippen LogP contribution in [0.15, 0.2) is 18.2 Å². The van der Waals surface area contributed by atoms with Gasteiger partial charge in [0.2, 0.25) is 0 Å². The number of aryl methyl sites for hydroxylation is 2. The van der Waals surface area contributed by atoms with Crippen LogP contribution in [0.4, 0.5) is 0 Å². The van der Waals surface area contributed by atoms with Crippen LogP contribution in [0.2, 0.25) is 0 Å². The number of hydrogen-bond acceptors (Lipinski definition) is 2. The molecule has 0 bridgehead atoms. The van der Waals surface area contributed by atoms with Crippen molar-refractivity contribution in [1.29, 1.82) is 0 Å². The molecule has 0 aliphatic carbocycles. The number of Topliss-reactive ketones (excluding diaryl/α,β-unsaturated/α-hetero) is 1. The van der Waals surface area contributed by atoms with E-state index < -0.39 is 0 Å². The lowest BCUT2D eigenvalue weighted by Gasteiger charge is -2.09. The van der Waals surface area contributed by atoms with Crippen molar-refractivity contribution in [2.24, 2.45) is 0 Å². The van der Waals surface area contributed by atoms with Gasteiger partial charge in [-0.3, -0.25) is 0 Å². The van der Waals surface area contributed by atoms with Crippen LogP contribution >= 0.6 is 0 Å². The summed E-state index contributed by atoms with van der Waals surface area (Å²) in [6.45, 7) is 6.45. The Balaban J connectivity index is 2.38. The summed E-state index contributed by atoms with van der Waals surface area (Å²) in [7, 11) is 0. The van der Waals surface area contributed by atoms with Gasteiger partial charge >= 0.3 is 0 Å². The summed E-state index contributed by atoms with van der Waals surface area (Å²) >= 11 is 0. The van der Waals surface area contributed by atoms with Gasteiger partial charge in [-0.1, -0.05) is 18.6 Å². The molecule has 0 aromatic heterocycles. The molecule has 100 valence electrons. The average Bonchev–Trinajstić information content (AvgIpc) is 2.32. The lowest BCUT2D eigenvalue weighted by Crippen LogP contribution is -1.96. The first kappa shape index (κ1) is 14.7. The molecule has 0 saturated carbocycles. The Morgan fingerprint density at radius 2 is 2.00 bits per heavy atom. The summed E-state index contributed by atoms with van der Waals surface area (Å²) in [4.78, 5) is 10.8. The molecule has 0 aliphatic heterocycles. The van der Waals surface area contributed by atoms with Gasteiger partial charge in [0.25, 0.3) is 0 Å². The highest BCUT2D eigenvalue weighted by molar-refractivity contribution is 5.75. The molecule has 0 atom stereocenters. The zero-order chi connectivity index (χ0) is 13.4. The number of hydrogen-bond donors (Lipinski definition) is 0. The highest BCUT2D eigenvalue weighted by Crippen LogP contribution is 2.21. The highest BCUT2D eigenvalue weighted by Gasteiger charge is 2.01. The van der Waals surface area contributed by atoms with Crippen LogP contribution in [0.3, 0.4) is 0 Å². The van der Waals surface area contributed by atoms with E-state index in [-0.39, 0.29) is 0 Å². The lowest BCUT2D eigenvalue weighted by molar-refractivity contribution is -0.117. The number of ketones is 1. The van der Waals surface area contributed by atoms with E-state index in [9.17, 15) is 4.79 Å². The Bertz CT molecular complexity index is 383. The Kier molecular flexibility index (Phi) is 6.48. The predicted octanol–water partition coefficient (Wildman–Crippen LogP) is 4.09. The summed E-state index contributed by atoms with van der Waals surface area (Å²) in [6, 6.07) is 6.43. The Labute approximate surface area is 110 Å². The van der Waals surface area contributed by atoms with Gasteiger partial charge in [-0.25, -0.2) is 0 Å². The molecule has 0 aliphatic rings. The lowest BCUT2D eigenvalue weighted by atomic mass is 10.0. The summed E-state index contributed by atoms with van der Waals surface area (Å²) in [5, 5.41) is 0. The van der Waals surface area contributed by atoms with Crippen molar-refractivity contribution in [3.63, 3.8) is 0 Å². The first-order valence-corrected chi connectivity index (χ1v) is 6.85. The molecular formula is C16H24O2. The van der Waals surface area contributed by atoms with Crippen LogP contribution in [0.1, 0.15) is 50.7 Å². The molecular weight excluding hydrogens is 224 g/mol. The van der Waals surface area contributed by atoms with Gasteiger partial charge in [0.05, 0.1) is 6.61 Å². The highest BCUT2D eigenvalue weighted by atomic mass is 16.5. The van der Waals surface area contributed by atoms with E-state index in [4.69, 9.17) is 4.74 Å². The number of ether oxygens (including phenoxy) is 1. The fraction of sp³-hybridized carbons (Fsp3) is 0.562. The molecule has 1 rings (SSSR count). The van der Waals surface area contributed by atoms with Gasteiger partial charge in [-0.15, -0.1) is 0 Å². The topological polar surface area (TPSA) is 26.3 Å². The minimum absolute atomic E-state index is 0.295. The minimum Gasteiger partial charge on any atom is -0.494 e. The number of unbranched alkanes of at least 4 members (excludes halogenated alkanes) is 2. The zero-order valence-electron chi connectivity index (χ0n) is 11.8. The SMILES string of the molecule is CCOc1cc(CCCCCC(C)=O)ccc1C. The van der Waals surface area contributed by atoms with Crippen LogP contribution < -0.4 is 4.74 Å².